The predicted octanol–water partition coefficient (Wildman–Crippen LogP) is 2.89. The number of amides is 1. The topological polar surface area (TPSA) is 60.0 Å². The Morgan fingerprint density at radius 3 is 2.29 bits per heavy atom. The highest BCUT2D eigenvalue weighted by Crippen LogP contribution is 2.59. The van der Waals surface area contributed by atoms with E-state index in [9.17, 15) is 4.79 Å². The van der Waals surface area contributed by atoms with Crippen molar-refractivity contribution in [3.8, 4) is 17.2 Å². The summed E-state index contributed by atoms with van der Waals surface area (Å²) in [6, 6.07) is 5.64. The second kappa shape index (κ2) is 8.78. The number of nitrogens with one attached hydrogen (secondary N) is 1. The van der Waals surface area contributed by atoms with Gasteiger partial charge < -0.3 is 24.4 Å². The zero-order valence-electron chi connectivity index (χ0n) is 16.7. The van der Waals surface area contributed by atoms with Gasteiger partial charge in [0.15, 0.2) is 11.5 Å². The summed E-state index contributed by atoms with van der Waals surface area (Å²) in [6.45, 7) is 3.65. The first-order valence-corrected chi connectivity index (χ1v) is 10.0. The van der Waals surface area contributed by atoms with Gasteiger partial charge in [-0.2, -0.15) is 0 Å². The van der Waals surface area contributed by atoms with Crippen LogP contribution in [0.15, 0.2) is 18.2 Å². The molecule has 2 heterocycles. The molecule has 1 amide bonds. The lowest BCUT2D eigenvalue weighted by Crippen LogP contribution is -2.43. The molecule has 0 aromatic heterocycles. The molecule has 1 spiro atoms. The van der Waals surface area contributed by atoms with Gasteiger partial charge in [0.25, 0.3) is 0 Å². The SMILES string of the molecule is COc1cccc(OC)c1OC1CCN(C(=O)C2CC23CCNCC3)CC1.Cl. The van der Waals surface area contributed by atoms with Gasteiger partial charge in [0.1, 0.15) is 6.10 Å². The minimum absolute atomic E-state index is 0. The fraction of sp³-hybridized carbons (Fsp3) is 0.667. The summed E-state index contributed by atoms with van der Waals surface area (Å²) in [6.07, 6.45) is 5.14. The largest absolute Gasteiger partial charge is 0.493 e. The average molecular weight is 411 g/mol. The molecule has 0 radical (unpaired) electrons. The third-order valence-corrected chi connectivity index (χ3v) is 6.51. The van der Waals surface area contributed by atoms with E-state index in [-0.39, 0.29) is 24.4 Å². The Morgan fingerprint density at radius 2 is 1.71 bits per heavy atom. The second-order valence-corrected chi connectivity index (χ2v) is 8.00. The Bertz CT molecular complexity index is 663. The highest BCUT2D eigenvalue weighted by atomic mass is 35.5. The number of likely N-dealkylation sites (tertiary alicyclic amines) is 1. The summed E-state index contributed by atoms with van der Waals surface area (Å²) < 4.78 is 17.1. The van der Waals surface area contributed by atoms with Crippen molar-refractivity contribution in [3.05, 3.63) is 18.2 Å². The van der Waals surface area contributed by atoms with Crippen LogP contribution in [0.5, 0.6) is 17.2 Å². The number of carbonyl (C=O) groups is 1. The second-order valence-electron chi connectivity index (χ2n) is 8.00. The van der Waals surface area contributed by atoms with Crippen LogP contribution in [0, 0.1) is 11.3 Å². The van der Waals surface area contributed by atoms with E-state index in [1.165, 1.54) is 0 Å². The lowest BCUT2D eigenvalue weighted by atomic mass is 9.91. The Balaban J connectivity index is 0.00000225. The van der Waals surface area contributed by atoms with Crippen molar-refractivity contribution in [1.82, 2.24) is 10.2 Å². The third-order valence-electron chi connectivity index (χ3n) is 6.51. The molecular formula is C21H31ClN2O4. The average Bonchev–Trinajstić information content (AvgIpc) is 3.41. The Hall–Kier alpha value is -1.66. The summed E-state index contributed by atoms with van der Waals surface area (Å²) in [5, 5.41) is 3.41. The molecule has 1 unspecified atom stereocenters. The normalized spacial score (nSPS) is 23.6. The Morgan fingerprint density at radius 1 is 1.11 bits per heavy atom. The number of carbonyl (C=O) groups excluding carboxylic acids is 1. The number of methoxy groups -OCH3 is 2. The number of halogens is 1. The van der Waals surface area contributed by atoms with Crippen LogP contribution < -0.4 is 19.5 Å². The van der Waals surface area contributed by atoms with E-state index in [4.69, 9.17) is 14.2 Å². The first-order chi connectivity index (χ1) is 13.2. The van der Waals surface area contributed by atoms with Crippen molar-refractivity contribution in [3.63, 3.8) is 0 Å². The van der Waals surface area contributed by atoms with Gasteiger partial charge in [-0.1, -0.05) is 6.07 Å². The zero-order valence-corrected chi connectivity index (χ0v) is 17.6. The smallest absolute Gasteiger partial charge is 0.226 e. The molecule has 1 atom stereocenters. The number of rotatable bonds is 5. The van der Waals surface area contributed by atoms with Crippen LogP contribution in [-0.4, -0.2) is 57.3 Å². The van der Waals surface area contributed by atoms with Crippen LogP contribution >= 0.6 is 12.4 Å². The standard InChI is InChI=1S/C21H30N2O4.ClH/c1-25-17-4-3-5-18(26-2)19(17)27-15-6-12-23(13-7-15)20(24)16-14-21(16)8-10-22-11-9-21;/h3-5,15-16,22H,6-14H2,1-2H3;1H. The fourth-order valence-electron chi connectivity index (χ4n) is 4.69. The first-order valence-electron chi connectivity index (χ1n) is 10.0. The summed E-state index contributed by atoms with van der Waals surface area (Å²) in [5.41, 5.74) is 0.306. The van der Waals surface area contributed by atoms with Crippen LogP contribution in [-0.2, 0) is 4.79 Å². The molecule has 1 aromatic carbocycles. The third kappa shape index (κ3) is 4.03. The predicted molar refractivity (Wildman–Crippen MR) is 110 cm³/mol. The molecule has 2 aliphatic heterocycles. The number of nitrogens with zero attached hydrogens (tertiary/aromatic N) is 1. The molecule has 1 saturated carbocycles. The number of ether oxygens (including phenoxy) is 3. The van der Waals surface area contributed by atoms with Gasteiger partial charge in [-0.3, -0.25) is 4.79 Å². The van der Waals surface area contributed by atoms with Gasteiger partial charge in [-0.25, -0.2) is 0 Å². The van der Waals surface area contributed by atoms with Crippen molar-refractivity contribution >= 4 is 18.3 Å². The van der Waals surface area contributed by atoms with Gasteiger partial charge in [0.05, 0.1) is 14.2 Å². The maximum Gasteiger partial charge on any atom is 0.226 e. The molecule has 6 nitrogen and oxygen atoms in total. The molecule has 1 aromatic rings. The molecule has 28 heavy (non-hydrogen) atoms. The summed E-state index contributed by atoms with van der Waals surface area (Å²) in [5.74, 6) is 2.64. The number of piperidine rings is 2. The minimum atomic E-state index is 0. The van der Waals surface area contributed by atoms with Gasteiger partial charge in [0, 0.05) is 31.8 Å². The Labute approximate surface area is 173 Å². The van der Waals surface area contributed by atoms with E-state index in [1.54, 1.807) is 14.2 Å². The highest BCUT2D eigenvalue weighted by Gasteiger charge is 2.58. The molecule has 4 rings (SSSR count). The molecule has 7 heteroatoms. The lowest BCUT2D eigenvalue weighted by Gasteiger charge is -2.33. The van der Waals surface area contributed by atoms with E-state index in [1.807, 2.05) is 18.2 Å². The molecule has 1 N–H and O–H groups in total. The van der Waals surface area contributed by atoms with Gasteiger partial charge in [0.2, 0.25) is 11.7 Å². The maximum atomic E-state index is 12.9. The highest BCUT2D eigenvalue weighted by molar-refractivity contribution is 5.85. The van der Waals surface area contributed by atoms with E-state index < -0.39 is 0 Å². The van der Waals surface area contributed by atoms with Crippen molar-refractivity contribution < 1.29 is 19.0 Å². The molecule has 3 fully saturated rings. The van der Waals surface area contributed by atoms with E-state index in [0.717, 1.165) is 58.3 Å². The molecule has 3 aliphatic rings. The summed E-state index contributed by atoms with van der Waals surface area (Å²) in [4.78, 5) is 15.0. The van der Waals surface area contributed by atoms with Crippen molar-refractivity contribution in [2.45, 2.75) is 38.2 Å². The van der Waals surface area contributed by atoms with Gasteiger partial charge in [-0.15, -0.1) is 12.4 Å². The van der Waals surface area contributed by atoms with E-state index in [0.29, 0.717) is 28.6 Å². The van der Waals surface area contributed by atoms with E-state index >= 15 is 0 Å². The molecule has 156 valence electrons. The van der Waals surface area contributed by atoms with Crippen molar-refractivity contribution in [2.24, 2.45) is 11.3 Å². The molecule has 0 bridgehead atoms. The van der Waals surface area contributed by atoms with Crippen molar-refractivity contribution in [1.29, 1.82) is 0 Å². The lowest BCUT2D eigenvalue weighted by molar-refractivity contribution is -0.135. The van der Waals surface area contributed by atoms with Crippen LogP contribution in [0.2, 0.25) is 0 Å². The van der Waals surface area contributed by atoms with Crippen LogP contribution in [0.3, 0.4) is 0 Å². The Kier molecular flexibility index (Phi) is 6.61. The van der Waals surface area contributed by atoms with Crippen LogP contribution in [0.1, 0.15) is 32.1 Å². The minimum Gasteiger partial charge on any atom is -0.493 e. The maximum absolute atomic E-state index is 12.9. The summed E-state index contributed by atoms with van der Waals surface area (Å²) >= 11 is 0. The van der Waals surface area contributed by atoms with E-state index in [2.05, 4.69) is 10.2 Å². The number of hydrogen-bond acceptors (Lipinski definition) is 5. The van der Waals surface area contributed by atoms with Gasteiger partial charge >= 0.3 is 0 Å². The quantitative estimate of drug-likeness (QED) is 0.808. The van der Waals surface area contributed by atoms with Gasteiger partial charge in [-0.05, 0) is 49.9 Å². The molecule has 2 saturated heterocycles. The molecule has 1 aliphatic carbocycles. The number of benzene rings is 1. The van der Waals surface area contributed by atoms with Crippen molar-refractivity contribution in [2.75, 3.05) is 40.4 Å². The number of hydrogen-bond donors (Lipinski definition) is 1. The summed E-state index contributed by atoms with van der Waals surface area (Å²) in [7, 11) is 3.27. The van der Waals surface area contributed by atoms with Crippen LogP contribution in [0.25, 0.3) is 0 Å². The monoisotopic (exact) mass is 410 g/mol. The molecular weight excluding hydrogens is 380 g/mol. The first kappa shape index (κ1) is 21.1. The number of para-hydroxylation sites is 1. The zero-order chi connectivity index (χ0) is 18.9. The van der Waals surface area contributed by atoms with Crippen LogP contribution in [0.4, 0.5) is 0 Å². The fourth-order valence-corrected chi connectivity index (χ4v) is 4.69.